The highest BCUT2D eigenvalue weighted by Crippen LogP contribution is 2.28. The van der Waals surface area contributed by atoms with Gasteiger partial charge in [0.2, 0.25) is 0 Å². The molecular formula is C26H25N7O2. The van der Waals surface area contributed by atoms with Gasteiger partial charge in [-0.15, -0.1) is 0 Å². The van der Waals surface area contributed by atoms with Gasteiger partial charge in [-0.2, -0.15) is 0 Å². The van der Waals surface area contributed by atoms with Crippen LogP contribution in [0.15, 0.2) is 61.3 Å². The van der Waals surface area contributed by atoms with E-state index in [9.17, 15) is 0 Å². The number of ether oxygens (including phenoxy) is 2. The summed E-state index contributed by atoms with van der Waals surface area (Å²) in [6, 6.07) is 12.2. The summed E-state index contributed by atoms with van der Waals surface area (Å²) in [7, 11) is 1.65. The molecule has 176 valence electrons. The van der Waals surface area contributed by atoms with E-state index in [1.165, 1.54) is 12.7 Å². The predicted molar refractivity (Wildman–Crippen MR) is 135 cm³/mol. The Bertz CT molecular complexity index is 1530. The van der Waals surface area contributed by atoms with Crippen LogP contribution in [0.2, 0.25) is 0 Å². The van der Waals surface area contributed by atoms with Crippen molar-refractivity contribution in [2.75, 3.05) is 30.8 Å². The lowest BCUT2D eigenvalue weighted by molar-refractivity contribution is 0.186. The first-order valence-electron chi connectivity index (χ1n) is 11.5. The SMILES string of the molecule is COCc1cn(-c2cncc(COc3ccc4ccc(N5CCC5)nc4c3)c2)c2ncnc(N)c12. The topological polar surface area (TPSA) is 104 Å². The maximum absolute atomic E-state index is 6.13. The largest absolute Gasteiger partial charge is 0.489 e. The number of nitrogens with two attached hydrogens (primary N) is 1. The van der Waals surface area contributed by atoms with Gasteiger partial charge in [0.25, 0.3) is 0 Å². The van der Waals surface area contributed by atoms with Crippen LogP contribution in [0.3, 0.4) is 0 Å². The van der Waals surface area contributed by atoms with Gasteiger partial charge in [-0.05, 0) is 36.8 Å². The second kappa shape index (κ2) is 8.84. The first-order valence-corrected chi connectivity index (χ1v) is 11.5. The Kier molecular flexibility index (Phi) is 5.38. The third kappa shape index (κ3) is 4.00. The highest BCUT2D eigenvalue weighted by molar-refractivity contribution is 5.90. The molecule has 9 heteroatoms. The molecule has 1 fully saturated rings. The lowest BCUT2D eigenvalue weighted by atomic mass is 10.2. The Hall–Kier alpha value is -4.24. The summed E-state index contributed by atoms with van der Waals surface area (Å²) in [5.41, 5.74) is 10.5. The number of methoxy groups -OCH3 is 1. The smallest absolute Gasteiger partial charge is 0.150 e. The number of hydrogen-bond donors (Lipinski definition) is 1. The summed E-state index contributed by atoms with van der Waals surface area (Å²) >= 11 is 0. The number of fused-ring (bicyclic) bond motifs is 2. The van der Waals surface area contributed by atoms with Gasteiger partial charge in [0.1, 0.15) is 36.0 Å². The Labute approximate surface area is 202 Å². The molecular weight excluding hydrogens is 442 g/mol. The first-order chi connectivity index (χ1) is 17.2. The second-order valence-corrected chi connectivity index (χ2v) is 8.62. The number of pyridine rings is 2. The molecule has 4 aromatic heterocycles. The van der Waals surface area contributed by atoms with Gasteiger partial charge in [-0.1, -0.05) is 0 Å². The van der Waals surface area contributed by atoms with E-state index < -0.39 is 0 Å². The zero-order valence-electron chi connectivity index (χ0n) is 19.4. The van der Waals surface area contributed by atoms with E-state index in [4.69, 9.17) is 20.2 Å². The van der Waals surface area contributed by atoms with E-state index in [1.807, 2.05) is 35.0 Å². The molecule has 0 saturated carbocycles. The van der Waals surface area contributed by atoms with Crippen LogP contribution in [0.4, 0.5) is 11.6 Å². The van der Waals surface area contributed by atoms with Gasteiger partial charge in [-0.25, -0.2) is 15.0 Å². The van der Waals surface area contributed by atoms with E-state index >= 15 is 0 Å². The van der Waals surface area contributed by atoms with Gasteiger partial charge in [0.05, 0.1) is 29.4 Å². The number of nitrogen functional groups attached to an aromatic ring is 1. The molecule has 35 heavy (non-hydrogen) atoms. The van der Waals surface area contributed by atoms with Crippen LogP contribution in [-0.4, -0.2) is 44.7 Å². The lowest BCUT2D eigenvalue weighted by Crippen LogP contribution is -2.37. The predicted octanol–water partition coefficient (Wildman–Crippen LogP) is 3.88. The lowest BCUT2D eigenvalue weighted by Gasteiger charge is -2.32. The number of rotatable bonds is 7. The first kappa shape index (κ1) is 21.3. The molecule has 6 rings (SSSR count). The second-order valence-electron chi connectivity index (χ2n) is 8.62. The van der Waals surface area contributed by atoms with E-state index in [-0.39, 0.29) is 0 Å². The van der Waals surface area contributed by atoms with E-state index in [2.05, 4.69) is 32.0 Å². The van der Waals surface area contributed by atoms with E-state index in [0.29, 0.717) is 24.7 Å². The number of benzene rings is 1. The quantitative estimate of drug-likeness (QED) is 0.385. The Morgan fingerprint density at radius 3 is 2.74 bits per heavy atom. The summed E-state index contributed by atoms with van der Waals surface area (Å²) in [5.74, 6) is 2.22. The van der Waals surface area contributed by atoms with Crippen LogP contribution in [-0.2, 0) is 18.0 Å². The molecule has 1 aliphatic rings. The fraction of sp³-hybridized carbons (Fsp3) is 0.231. The van der Waals surface area contributed by atoms with Crippen molar-refractivity contribution in [1.82, 2.24) is 24.5 Å². The van der Waals surface area contributed by atoms with Crippen molar-refractivity contribution in [1.29, 1.82) is 0 Å². The van der Waals surface area contributed by atoms with Crippen LogP contribution in [0.25, 0.3) is 27.6 Å². The van der Waals surface area contributed by atoms with Crippen molar-refractivity contribution >= 4 is 33.6 Å². The molecule has 0 radical (unpaired) electrons. The van der Waals surface area contributed by atoms with Crippen LogP contribution in [0.1, 0.15) is 17.5 Å². The average Bonchev–Trinajstić information content (AvgIpc) is 3.22. The molecule has 0 unspecified atom stereocenters. The standard InChI is InChI=1S/C26H25N7O2/c1-34-15-19-13-33(26-24(19)25(27)29-16-30-26)20-9-17(11-28-12-20)14-35-21-5-3-18-4-6-23(31-22(18)10-21)32-7-2-8-32/h3-6,9-13,16H,2,7-8,14-15H2,1H3,(H2,27,29,30). The molecule has 2 N–H and O–H groups in total. The fourth-order valence-corrected chi connectivity index (χ4v) is 4.37. The molecule has 0 atom stereocenters. The molecule has 5 heterocycles. The molecule has 0 aliphatic carbocycles. The Morgan fingerprint density at radius 1 is 1.03 bits per heavy atom. The van der Waals surface area contributed by atoms with E-state index in [0.717, 1.165) is 57.8 Å². The van der Waals surface area contributed by atoms with Crippen molar-refractivity contribution < 1.29 is 9.47 Å². The molecule has 0 spiro atoms. The van der Waals surface area contributed by atoms with Crippen molar-refractivity contribution in [3.05, 3.63) is 72.4 Å². The van der Waals surface area contributed by atoms with Crippen LogP contribution in [0, 0.1) is 0 Å². The monoisotopic (exact) mass is 467 g/mol. The summed E-state index contributed by atoms with van der Waals surface area (Å²) < 4.78 is 13.4. The highest BCUT2D eigenvalue weighted by atomic mass is 16.5. The van der Waals surface area contributed by atoms with Crippen LogP contribution in [0.5, 0.6) is 5.75 Å². The highest BCUT2D eigenvalue weighted by Gasteiger charge is 2.17. The number of anilines is 2. The molecule has 1 saturated heterocycles. The third-order valence-corrected chi connectivity index (χ3v) is 6.28. The Balaban J connectivity index is 1.26. The fourth-order valence-electron chi connectivity index (χ4n) is 4.37. The normalized spacial score (nSPS) is 13.3. The van der Waals surface area contributed by atoms with Gasteiger partial charge in [0, 0.05) is 55.2 Å². The molecule has 9 nitrogen and oxygen atoms in total. The number of hydrogen-bond acceptors (Lipinski definition) is 8. The average molecular weight is 468 g/mol. The van der Waals surface area contributed by atoms with Crippen molar-refractivity contribution in [3.63, 3.8) is 0 Å². The minimum atomic E-state index is 0.374. The van der Waals surface area contributed by atoms with E-state index in [1.54, 1.807) is 19.5 Å². The zero-order valence-corrected chi connectivity index (χ0v) is 19.4. The van der Waals surface area contributed by atoms with Gasteiger partial charge >= 0.3 is 0 Å². The number of nitrogens with zero attached hydrogens (tertiary/aromatic N) is 6. The minimum absolute atomic E-state index is 0.374. The van der Waals surface area contributed by atoms with Crippen LogP contribution >= 0.6 is 0 Å². The summed E-state index contributed by atoms with van der Waals surface area (Å²) in [6.07, 6.45) is 8.24. The van der Waals surface area contributed by atoms with Gasteiger partial charge < -0.3 is 20.1 Å². The number of aromatic nitrogens is 5. The molecule has 5 aromatic rings. The summed E-state index contributed by atoms with van der Waals surface area (Å²) in [4.78, 5) is 20.1. The molecule has 1 aromatic carbocycles. The third-order valence-electron chi connectivity index (χ3n) is 6.28. The zero-order chi connectivity index (χ0) is 23.8. The maximum atomic E-state index is 6.13. The minimum Gasteiger partial charge on any atom is -0.489 e. The molecule has 0 amide bonds. The van der Waals surface area contributed by atoms with Crippen LogP contribution < -0.4 is 15.4 Å². The summed E-state index contributed by atoms with van der Waals surface area (Å²) in [5, 5.41) is 1.88. The Morgan fingerprint density at radius 2 is 1.91 bits per heavy atom. The van der Waals surface area contributed by atoms with Crippen molar-refractivity contribution in [3.8, 4) is 11.4 Å². The van der Waals surface area contributed by atoms with Gasteiger partial charge in [0.15, 0.2) is 0 Å². The molecule has 1 aliphatic heterocycles. The maximum Gasteiger partial charge on any atom is 0.150 e. The van der Waals surface area contributed by atoms with Crippen molar-refractivity contribution in [2.24, 2.45) is 0 Å². The summed E-state index contributed by atoms with van der Waals surface area (Å²) in [6.45, 7) is 2.92. The molecule has 0 bridgehead atoms. The van der Waals surface area contributed by atoms with Gasteiger partial charge in [-0.3, -0.25) is 9.55 Å². The van der Waals surface area contributed by atoms with Crippen molar-refractivity contribution in [2.45, 2.75) is 19.6 Å².